The van der Waals surface area contributed by atoms with E-state index in [0.717, 1.165) is 38.5 Å². The average molecular weight is 666 g/mol. The minimum atomic E-state index is -4.73. The molecule has 12 heteroatoms. The van der Waals surface area contributed by atoms with E-state index >= 15 is 0 Å². The number of carboxylic acids is 1. The van der Waals surface area contributed by atoms with Crippen molar-refractivity contribution in [1.29, 1.82) is 0 Å². The Hall–Kier alpha value is -1.52. The highest BCUT2D eigenvalue weighted by molar-refractivity contribution is 7.47. The van der Waals surface area contributed by atoms with Crippen molar-refractivity contribution >= 4 is 25.7 Å². The molecule has 45 heavy (non-hydrogen) atoms. The first-order valence-electron chi connectivity index (χ1n) is 17.6. The van der Waals surface area contributed by atoms with Crippen LogP contribution in [0.5, 0.6) is 0 Å². The molecule has 4 N–H and O–H groups in total. The predicted molar refractivity (Wildman–Crippen MR) is 176 cm³/mol. The number of rotatable bonds is 33. The number of carbonyl (C=O) groups is 3. The third-order valence-corrected chi connectivity index (χ3v) is 8.60. The molecule has 0 aliphatic rings. The van der Waals surface area contributed by atoms with E-state index in [1.54, 1.807) is 0 Å². The van der Waals surface area contributed by atoms with Crippen LogP contribution in [-0.4, -0.2) is 64.9 Å². The van der Waals surface area contributed by atoms with Gasteiger partial charge in [-0.25, -0.2) is 9.36 Å². The fraction of sp³-hybridized carbons (Fsp3) is 0.909. The van der Waals surface area contributed by atoms with Crippen molar-refractivity contribution in [2.75, 3.05) is 19.8 Å². The van der Waals surface area contributed by atoms with E-state index < -0.39 is 57.6 Å². The van der Waals surface area contributed by atoms with Gasteiger partial charge in [0.05, 0.1) is 13.2 Å². The van der Waals surface area contributed by atoms with Crippen molar-refractivity contribution in [3.63, 3.8) is 0 Å². The van der Waals surface area contributed by atoms with Gasteiger partial charge in [-0.2, -0.15) is 0 Å². The molecule has 0 aliphatic heterocycles. The number of aliphatic hydroxyl groups is 1. The first-order valence-corrected chi connectivity index (χ1v) is 19.1. The van der Waals surface area contributed by atoms with Crippen LogP contribution in [0.4, 0.5) is 0 Å². The average Bonchev–Trinajstić information content (AvgIpc) is 3.00. The molecule has 11 nitrogen and oxygen atoms in total. The number of ether oxygens (including phenoxy) is 1. The van der Waals surface area contributed by atoms with Gasteiger partial charge in [-0.05, 0) is 12.8 Å². The molecule has 0 aliphatic carbocycles. The van der Waals surface area contributed by atoms with Gasteiger partial charge in [0.15, 0.2) is 6.04 Å². The second-order valence-corrected chi connectivity index (χ2v) is 13.5. The second-order valence-electron chi connectivity index (χ2n) is 12.1. The molecule has 0 bridgehead atoms. The van der Waals surface area contributed by atoms with Gasteiger partial charge in [0, 0.05) is 12.8 Å². The van der Waals surface area contributed by atoms with Crippen molar-refractivity contribution in [3.8, 4) is 0 Å². The van der Waals surface area contributed by atoms with Gasteiger partial charge in [-0.1, -0.05) is 136 Å². The Kier molecular flexibility index (Phi) is 28.8. The normalized spacial score (nSPS) is 14.0. The monoisotopic (exact) mass is 665 g/mol. The summed E-state index contributed by atoms with van der Waals surface area (Å²) in [6, 6.07) is -1.54. The molecule has 3 atom stereocenters. The largest absolute Gasteiger partial charge is 0.480 e. The Morgan fingerprint density at radius 1 is 0.622 bits per heavy atom. The van der Waals surface area contributed by atoms with Gasteiger partial charge >= 0.3 is 19.8 Å². The number of aliphatic carboxylic acids is 1. The number of hydrogen-bond acceptors (Lipinski definition) is 8. The number of esters is 1. The lowest BCUT2D eigenvalue weighted by molar-refractivity contribution is -0.147. The molecular formula is C33H64NO10P. The number of nitrogens with one attached hydrogen (secondary N) is 1. The van der Waals surface area contributed by atoms with Gasteiger partial charge in [-0.15, -0.1) is 0 Å². The van der Waals surface area contributed by atoms with Gasteiger partial charge < -0.3 is 25.2 Å². The summed E-state index contributed by atoms with van der Waals surface area (Å²) < 4.78 is 26.6. The third-order valence-electron chi connectivity index (χ3n) is 7.65. The fourth-order valence-corrected chi connectivity index (χ4v) is 5.62. The van der Waals surface area contributed by atoms with Crippen LogP contribution in [0.2, 0.25) is 0 Å². The van der Waals surface area contributed by atoms with Crippen molar-refractivity contribution in [2.24, 2.45) is 0 Å². The Balaban J connectivity index is 3.98. The Labute approximate surface area is 272 Å². The van der Waals surface area contributed by atoms with Crippen molar-refractivity contribution in [1.82, 2.24) is 5.32 Å². The number of carbonyl (C=O) groups excluding carboxylic acids is 2. The summed E-state index contributed by atoms with van der Waals surface area (Å²) in [5.74, 6) is -2.37. The first-order chi connectivity index (χ1) is 21.6. The Morgan fingerprint density at radius 2 is 1.02 bits per heavy atom. The van der Waals surface area contributed by atoms with E-state index in [1.807, 2.05) is 0 Å². The molecule has 0 fully saturated rings. The summed E-state index contributed by atoms with van der Waals surface area (Å²) in [5.41, 5.74) is 0. The zero-order chi connectivity index (χ0) is 33.6. The maximum absolute atomic E-state index is 12.2. The lowest BCUT2D eigenvalue weighted by atomic mass is 10.0. The molecule has 0 aromatic heterocycles. The molecule has 3 unspecified atom stereocenters. The fourth-order valence-electron chi connectivity index (χ4n) is 4.84. The molecule has 1 amide bonds. The molecule has 0 saturated carbocycles. The zero-order valence-electron chi connectivity index (χ0n) is 28.2. The van der Waals surface area contributed by atoms with Gasteiger partial charge in [0.1, 0.15) is 12.7 Å². The van der Waals surface area contributed by atoms with Gasteiger partial charge in [-0.3, -0.25) is 18.6 Å². The standard InChI is InChI=1S/C33H64NO10P/c1-3-5-7-9-11-13-14-15-17-19-21-23-25-32(37)42-26-29(35)27-43-45(40,41)44-28-30(33(38)39)34-31(36)24-22-20-18-16-12-10-8-6-4-2/h29-30,35H,3-28H2,1-2H3,(H,34,36)(H,38,39)(H,40,41). The molecular weight excluding hydrogens is 601 g/mol. The van der Waals surface area contributed by atoms with E-state index in [4.69, 9.17) is 13.8 Å². The molecule has 0 aromatic carbocycles. The summed E-state index contributed by atoms with van der Waals surface area (Å²) in [7, 11) is -4.73. The van der Waals surface area contributed by atoms with Crippen LogP contribution in [0, 0.1) is 0 Å². The lowest BCUT2D eigenvalue weighted by Crippen LogP contribution is -2.43. The van der Waals surface area contributed by atoms with Crippen LogP contribution >= 0.6 is 7.82 Å². The summed E-state index contributed by atoms with van der Waals surface area (Å²) in [6.07, 6.45) is 22.9. The SMILES string of the molecule is CCCCCCCCCCCCCCC(=O)OCC(O)COP(=O)(O)OCC(NC(=O)CCCCCCCCCCC)C(=O)O. The summed E-state index contributed by atoms with van der Waals surface area (Å²) in [5, 5.41) is 21.6. The number of hydrogen-bond donors (Lipinski definition) is 4. The minimum absolute atomic E-state index is 0.150. The lowest BCUT2D eigenvalue weighted by Gasteiger charge is -2.18. The zero-order valence-corrected chi connectivity index (χ0v) is 29.1. The van der Waals surface area contributed by atoms with Crippen LogP contribution in [0.3, 0.4) is 0 Å². The van der Waals surface area contributed by atoms with Crippen LogP contribution < -0.4 is 5.32 Å². The summed E-state index contributed by atoms with van der Waals surface area (Å²) in [6.45, 7) is 2.53. The minimum Gasteiger partial charge on any atom is -0.480 e. The predicted octanol–water partition coefficient (Wildman–Crippen LogP) is 7.61. The maximum atomic E-state index is 12.2. The van der Waals surface area contributed by atoms with Crippen LogP contribution in [0.1, 0.15) is 162 Å². The van der Waals surface area contributed by atoms with Gasteiger partial charge in [0.2, 0.25) is 5.91 Å². The molecule has 0 heterocycles. The van der Waals surface area contributed by atoms with Crippen molar-refractivity contribution in [3.05, 3.63) is 0 Å². The smallest absolute Gasteiger partial charge is 0.472 e. The molecule has 0 spiro atoms. The number of phosphoric ester groups is 1. The van der Waals surface area contributed by atoms with Crippen LogP contribution in [0.25, 0.3) is 0 Å². The van der Waals surface area contributed by atoms with Crippen molar-refractivity contribution in [2.45, 2.75) is 174 Å². The number of phosphoric acid groups is 1. The van der Waals surface area contributed by atoms with E-state index in [-0.39, 0.29) is 12.8 Å². The van der Waals surface area contributed by atoms with E-state index in [9.17, 15) is 34.1 Å². The van der Waals surface area contributed by atoms with Crippen LogP contribution in [0.15, 0.2) is 0 Å². The molecule has 0 radical (unpaired) electrons. The summed E-state index contributed by atoms with van der Waals surface area (Å²) in [4.78, 5) is 45.4. The number of aliphatic hydroxyl groups excluding tert-OH is 1. The van der Waals surface area contributed by atoms with Crippen molar-refractivity contribution < 1.29 is 47.8 Å². The number of unbranched alkanes of at least 4 members (excludes halogenated alkanes) is 19. The molecule has 266 valence electrons. The highest BCUT2D eigenvalue weighted by atomic mass is 31.2. The maximum Gasteiger partial charge on any atom is 0.472 e. The number of amides is 1. The number of carboxylic acid groups (broad SMARTS) is 1. The quantitative estimate of drug-likeness (QED) is 0.0311. The molecule has 0 saturated heterocycles. The second kappa shape index (κ2) is 29.9. The summed E-state index contributed by atoms with van der Waals surface area (Å²) >= 11 is 0. The molecule has 0 aromatic rings. The van der Waals surface area contributed by atoms with E-state index in [2.05, 4.69) is 19.2 Å². The third kappa shape index (κ3) is 29.6. The first kappa shape index (κ1) is 43.5. The Bertz CT molecular complexity index is 797. The molecule has 0 rings (SSSR count). The highest BCUT2D eigenvalue weighted by Crippen LogP contribution is 2.43. The van der Waals surface area contributed by atoms with E-state index in [1.165, 1.54) is 83.5 Å². The van der Waals surface area contributed by atoms with Gasteiger partial charge in [0.25, 0.3) is 0 Å². The Morgan fingerprint density at radius 3 is 1.47 bits per heavy atom. The highest BCUT2D eigenvalue weighted by Gasteiger charge is 2.28. The topological polar surface area (TPSA) is 169 Å². The van der Waals surface area contributed by atoms with E-state index in [0.29, 0.717) is 12.8 Å². The van der Waals surface area contributed by atoms with Crippen LogP contribution in [-0.2, 0) is 32.7 Å².